The number of carbonyl (C=O) groups is 1. The quantitative estimate of drug-likeness (QED) is 0.592. The second-order valence-corrected chi connectivity index (χ2v) is 4.98. The van der Waals surface area contributed by atoms with E-state index in [1.807, 2.05) is 0 Å². The van der Waals surface area contributed by atoms with Gasteiger partial charge < -0.3 is 11.1 Å². The molecule has 0 aromatic heterocycles. The fourth-order valence-electron chi connectivity index (χ4n) is 1.98. The molecule has 0 aliphatic rings. The van der Waals surface area contributed by atoms with Crippen molar-refractivity contribution in [3.05, 3.63) is 33.9 Å². The van der Waals surface area contributed by atoms with Crippen molar-refractivity contribution < 1.29 is 9.72 Å². The van der Waals surface area contributed by atoms with Crippen LogP contribution in [0.25, 0.3) is 0 Å². The number of anilines is 1. The summed E-state index contributed by atoms with van der Waals surface area (Å²) in [5.74, 6) is 0.273. The molecule has 0 aliphatic carbocycles. The Hall–Kier alpha value is -1.95. The molecule has 6 nitrogen and oxygen atoms in total. The third-order valence-electron chi connectivity index (χ3n) is 3.30. The Morgan fingerprint density at radius 2 is 2.15 bits per heavy atom. The molecule has 0 heterocycles. The molecule has 1 amide bonds. The lowest BCUT2D eigenvalue weighted by molar-refractivity contribution is -0.385. The molecule has 0 bridgehead atoms. The summed E-state index contributed by atoms with van der Waals surface area (Å²) in [5, 5.41) is 13.6. The molecule has 1 aromatic carbocycles. The molecule has 0 radical (unpaired) electrons. The van der Waals surface area contributed by atoms with E-state index in [0.717, 1.165) is 12.8 Å². The minimum absolute atomic E-state index is 0.0132. The molecular weight excluding hydrogens is 258 g/mol. The van der Waals surface area contributed by atoms with Gasteiger partial charge in [0.05, 0.1) is 16.2 Å². The fourth-order valence-corrected chi connectivity index (χ4v) is 1.98. The van der Waals surface area contributed by atoms with Gasteiger partial charge in [0, 0.05) is 12.5 Å². The van der Waals surface area contributed by atoms with Crippen LogP contribution < -0.4 is 11.1 Å². The topological polar surface area (TPSA) is 98.3 Å². The largest absolute Gasteiger partial charge is 0.330 e. The van der Waals surface area contributed by atoms with E-state index in [0.29, 0.717) is 30.1 Å². The van der Waals surface area contributed by atoms with Crippen molar-refractivity contribution in [2.75, 3.05) is 11.9 Å². The highest BCUT2D eigenvalue weighted by Crippen LogP contribution is 2.25. The van der Waals surface area contributed by atoms with Crippen LogP contribution in [0.15, 0.2) is 18.2 Å². The van der Waals surface area contributed by atoms with Crippen LogP contribution in [0.2, 0.25) is 0 Å². The van der Waals surface area contributed by atoms with E-state index in [1.165, 1.54) is 6.07 Å². The Morgan fingerprint density at radius 3 is 2.75 bits per heavy atom. The van der Waals surface area contributed by atoms with Crippen LogP contribution in [0.4, 0.5) is 11.4 Å². The molecule has 1 unspecified atom stereocenters. The highest BCUT2D eigenvalue weighted by atomic mass is 16.6. The van der Waals surface area contributed by atoms with Crippen LogP contribution >= 0.6 is 0 Å². The maximum Gasteiger partial charge on any atom is 0.274 e. The first kappa shape index (κ1) is 16.1. The summed E-state index contributed by atoms with van der Waals surface area (Å²) in [6.45, 7) is 4.30. The number of nitro benzene ring substituents is 1. The molecule has 3 N–H and O–H groups in total. The third-order valence-corrected chi connectivity index (χ3v) is 3.30. The molecule has 6 heteroatoms. The molecule has 0 spiro atoms. The van der Waals surface area contributed by atoms with Crippen LogP contribution in [0.5, 0.6) is 0 Å². The van der Waals surface area contributed by atoms with Crippen molar-refractivity contribution in [2.24, 2.45) is 11.7 Å². The maximum absolute atomic E-state index is 11.8. The minimum Gasteiger partial charge on any atom is -0.330 e. The summed E-state index contributed by atoms with van der Waals surface area (Å²) in [6.07, 6.45) is 2.05. The number of nitrogens with two attached hydrogens (primary N) is 1. The highest BCUT2D eigenvalue weighted by molar-refractivity contribution is 5.92. The molecule has 0 saturated carbocycles. The summed E-state index contributed by atoms with van der Waals surface area (Å²) in [7, 11) is 0. The summed E-state index contributed by atoms with van der Waals surface area (Å²) in [6, 6.07) is 4.66. The number of carbonyl (C=O) groups excluding carboxylic acids is 1. The summed E-state index contributed by atoms with van der Waals surface area (Å²) in [5.41, 5.74) is 6.44. The van der Waals surface area contributed by atoms with Crippen LogP contribution in [0.3, 0.4) is 0 Å². The number of nitrogens with one attached hydrogen (secondary N) is 1. The van der Waals surface area contributed by atoms with Gasteiger partial charge in [0.15, 0.2) is 0 Å². The van der Waals surface area contributed by atoms with Gasteiger partial charge >= 0.3 is 0 Å². The summed E-state index contributed by atoms with van der Waals surface area (Å²) in [4.78, 5) is 22.2. The molecule has 110 valence electrons. The van der Waals surface area contributed by atoms with Gasteiger partial charge in [0.2, 0.25) is 5.91 Å². The lowest BCUT2D eigenvalue weighted by Gasteiger charge is -2.11. The van der Waals surface area contributed by atoms with Gasteiger partial charge in [-0.2, -0.15) is 0 Å². The van der Waals surface area contributed by atoms with Crippen LogP contribution in [-0.4, -0.2) is 17.4 Å². The predicted octanol–water partition coefficient (Wildman–Crippen LogP) is 2.61. The number of rotatable bonds is 7. The maximum atomic E-state index is 11.8. The van der Waals surface area contributed by atoms with Crippen LogP contribution in [0, 0.1) is 23.0 Å². The molecular formula is C14H21N3O3. The van der Waals surface area contributed by atoms with Crippen molar-refractivity contribution in [3.63, 3.8) is 0 Å². The van der Waals surface area contributed by atoms with E-state index in [4.69, 9.17) is 5.73 Å². The molecule has 0 aliphatic heterocycles. The van der Waals surface area contributed by atoms with Crippen molar-refractivity contribution in [1.29, 1.82) is 0 Å². The van der Waals surface area contributed by atoms with E-state index >= 15 is 0 Å². The second kappa shape index (κ2) is 7.59. The highest BCUT2D eigenvalue weighted by Gasteiger charge is 2.15. The summed E-state index contributed by atoms with van der Waals surface area (Å²) < 4.78 is 0. The van der Waals surface area contributed by atoms with Crippen LogP contribution in [0.1, 0.15) is 31.7 Å². The smallest absolute Gasteiger partial charge is 0.274 e. The third kappa shape index (κ3) is 4.62. The second-order valence-electron chi connectivity index (χ2n) is 4.98. The molecule has 1 atom stereocenters. The zero-order valence-electron chi connectivity index (χ0n) is 11.9. The van der Waals surface area contributed by atoms with Crippen molar-refractivity contribution >= 4 is 17.3 Å². The van der Waals surface area contributed by atoms with Gasteiger partial charge in [-0.1, -0.05) is 13.0 Å². The Labute approximate surface area is 118 Å². The van der Waals surface area contributed by atoms with Crippen LogP contribution in [-0.2, 0) is 4.79 Å². The molecule has 20 heavy (non-hydrogen) atoms. The molecule has 1 rings (SSSR count). The predicted molar refractivity (Wildman–Crippen MR) is 78.5 cm³/mol. The first-order valence-electron chi connectivity index (χ1n) is 6.69. The fraction of sp³-hybridized carbons (Fsp3) is 0.500. The Balaban J connectivity index is 2.62. The number of hydrogen-bond acceptors (Lipinski definition) is 4. The zero-order chi connectivity index (χ0) is 15.1. The van der Waals surface area contributed by atoms with Crippen molar-refractivity contribution in [2.45, 2.75) is 33.1 Å². The standard InChI is InChI=1S/C14H21N3O3/c1-10(8-9-15)6-7-14(18)16-12-4-3-5-13(11(12)2)17(19)20/h3-5,10H,6-9,15H2,1-2H3,(H,16,18). The van der Waals surface area contributed by atoms with E-state index in [-0.39, 0.29) is 11.6 Å². The van der Waals surface area contributed by atoms with E-state index in [2.05, 4.69) is 12.2 Å². The first-order valence-corrected chi connectivity index (χ1v) is 6.69. The average molecular weight is 279 g/mol. The minimum atomic E-state index is -0.450. The SMILES string of the molecule is Cc1c(NC(=O)CCC(C)CCN)cccc1[N+](=O)[O-]. The van der Waals surface area contributed by atoms with Gasteiger partial charge in [-0.05, 0) is 38.3 Å². The van der Waals surface area contributed by atoms with Gasteiger partial charge in [0.1, 0.15) is 0 Å². The molecule has 0 saturated heterocycles. The van der Waals surface area contributed by atoms with Gasteiger partial charge in [-0.15, -0.1) is 0 Å². The lowest BCUT2D eigenvalue weighted by Crippen LogP contribution is -2.15. The Morgan fingerprint density at radius 1 is 1.45 bits per heavy atom. The number of nitro groups is 1. The van der Waals surface area contributed by atoms with E-state index in [9.17, 15) is 14.9 Å². The van der Waals surface area contributed by atoms with Gasteiger partial charge in [-0.25, -0.2) is 0 Å². The number of hydrogen-bond donors (Lipinski definition) is 2. The summed E-state index contributed by atoms with van der Waals surface area (Å²) >= 11 is 0. The van der Waals surface area contributed by atoms with E-state index < -0.39 is 4.92 Å². The monoisotopic (exact) mass is 279 g/mol. The van der Waals surface area contributed by atoms with Crippen molar-refractivity contribution in [1.82, 2.24) is 0 Å². The number of amides is 1. The Bertz CT molecular complexity index is 489. The first-order chi connectivity index (χ1) is 9.45. The number of benzene rings is 1. The van der Waals surface area contributed by atoms with Gasteiger partial charge in [-0.3, -0.25) is 14.9 Å². The lowest BCUT2D eigenvalue weighted by atomic mass is 10.0. The Kier molecular flexibility index (Phi) is 6.11. The number of nitrogens with zero attached hydrogens (tertiary/aromatic N) is 1. The van der Waals surface area contributed by atoms with Gasteiger partial charge in [0.25, 0.3) is 5.69 Å². The zero-order valence-corrected chi connectivity index (χ0v) is 11.9. The normalized spacial score (nSPS) is 11.9. The molecule has 1 aromatic rings. The average Bonchev–Trinajstić information content (AvgIpc) is 2.39. The van der Waals surface area contributed by atoms with Crippen molar-refractivity contribution in [3.8, 4) is 0 Å². The molecule has 0 fully saturated rings. The van der Waals surface area contributed by atoms with E-state index in [1.54, 1.807) is 19.1 Å².